The van der Waals surface area contributed by atoms with Crippen molar-refractivity contribution >= 4 is 0 Å². The zero-order chi connectivity index (χ0) is 10.0. The van der Waals surface area contributed by atoms with Crippen molar-refractivity contribution in [2.45, 2.75) is 20.5 Å². The van der Waals surface area contributed by atoms with Gasteiger partial charge in [0.2, 0.25) is 0 Å². The maximum absolute atomic E-state index is 9.58. The summed E-state index contributed by atoms with van der Waals surface area (Å²) in [5.41, 5.74) is 2.13. The standard InChI is InChI=1S/C10H14O3/c1-6-4-8(5-11)10(13-3)7(2)9(6)12/h4,11-12H,5H2,1-3H3. The lowest BCUT2D eigenvalue weighted by Crippen LogP contribution is -1.96. The quantitative estimate of drug-likeness (QED) is 0.728. The topological polar surface area (TPSA) is 49.7 Å². The molecule has 0 radical (unpaired) electrons. The molecular formula is C10H14O3. The molecule has 0 saturated carbocycles. The summed E-state index contributed by atoms with van der Waals surface area (Å²) >= 11 is 0. The first-order chi connectivity index (χ1) is 6.11. The zero-order valence-electron chi connectivity index (χ0n) is 8.09. The number of methoxy groups -OCH3 is 1. The average molecular weight is 182 g/mol. The molecule has 3 nitrogen and oxygen atoms in total. The highest BCUT2D eigenvalue weighted by atomic mass is 16.5. The summed E-state index contributed by atoms with van der Waals surface area (Å²) in [6.07, 6.45) is 0. The van der Waals surface area contributed by atoms with Gasteiger partial charge in [0.05, 0.1) is 13.7 Å². The van der Waals surface area contributed by atoms with Gasteiger partial charge in [-0.05, 0) is 25.5 Å². The smallest absolute Gasteiger partial charge is 0.130 e. The summed E-state index contributed by atoms with van der Waals surface area (Å²) in [7, 11) is 1.52. The second-order valence-electron chi connectivity index (χ2n) is 3.02. The molecule has 2 N–H and O–H groups in total. The number of rotatable bonds is 2. The Morgan fingerprint density at radius 3 is 2.46 bits per heavy atom. The van der Waals surface area contributed by atoms with Gasteiger partial charge in [-0.1, -0.05) is 0 Å². The van der Waals surface area contributed by atoms with E-state index in [-0.39, 0.29) is 12.4 Å². The number of phenolic OH excluding ortho intramolecular Hbond substituents is 1. The molecule has 1 aromatic rings. The summed E-state index contributed by atoms with van der Waals surface area (Å²) in [5.74, 6) is 0.791. The fourth-order valence-electron chi connectivity index (χ4n) is 1.44. The minimum absolute atomic E-state index is 0.0782. The molecule has 0 spiro atoms. The van der Waals surface area contributed by atoms with Gasteiger partial charge in [-0.25, -0.2) is 0 Å². The van der Waals surface area contributed by atoms with Crippen molar-refractivity contribution in [2.75, 3.05) is 7.11 Å². The van der Waals surface area contributed by atoms with Gasteiger partial charge in [-0.15, -0.1) is 0 Å². The minimum atomic E-state index is -0.0782. The van der Waals surface area contributed by atoms with Crippen LogP contribution in [0.3, 0.4) is 0 Å². The molecule has 0 aromatic heterocycles. The van der Waals surface area contributed by atoms with E-state index in [1.165, 1.54) is 7.11 Å². The third-order valence-electron chi connectivity index (χ3n) is 2.13. The average Bonchev–Trinajstić information content (AvgIpc) is 2.13. The second kappa shape index (κ2) is 3.66. The van der Waals surface area contributed by atoms with E-state index >= 15 is 0 Å². The van der Waals surface area contributed by atoms with Crippen LogP contribution in [0.25, 0.3) is 0 Å². The molecule has 72 valence electrons. The van der Waals surface area contributed by atoms with Crippen molar-refractivity contribution in [2.24, 2.45) is 0 Å². The van der Waals surface area contributed by atoms with Gasteiger partial charge in [0.15, 0.2) is 0 Å². The SMILES string of the molecule is COc1c(CO)cc(C)c(O)c1C. The van der Waals surface area contributed by atoms with Gasteiger partial charge in [0.25, 0.3) is 0 Å². The number of ether oxygens (including phenoxy) is 1. The Morgan fingerprint density at radius 2 is 2.00 bits per heavy atom. The van der Waals surface area contributed by atoms with Crippen LogP contribution in [0.15, 0.2) is 6.07 Å². The van der Waals surface area contributed by atoms with Crippen LogP contribution < -0.4 is 4.74 Å². The molecular weight excluding hydrogens is 168 g/mol. The van der Waals surface area contributed by atoms with Crippen molar-refractivity contribution in [1.82, 2.24) is 0 Å². The van der Waals surface area contributed by atoms with Gasteiger partial charge in [0.1, 0.15) is 11.5 Å². The maximum atomic E-state index is 9.58. The Labute approximate surface area is 77.6 Å². The normalized spacial score (nSPS) is 10.2. The molecule has 1 aromatic carbocycles. The van der Waals surface area contributed by atoms with E-state index in [4.69, 9.17) is 9.84 Å². The first kappa shape index (κ1) is 9.86. The van der Waals surface area contributed by atoms with E-state index in [0.717, 1.165) is 5.56 Å². The van der Waals surface area contributed by atoms with Crippen LogP contribution in [0.1, 0.15) is 16.7 Å². The number of phenols is 1. The molecule has 0 fully saturated rings. The monoisotopic (exact) mass is 182 g/mol. The molecule has 1 rings (SSSR count). The van der Waals surface area contributed by atoms with Crippen LogP contribution in [0.2, 0.25) is 0 Å². The number of hydrogen-bond acceptors (Lipinski definition) is 3. The van der Waals surface area contributed by atoms with Crippen LogP contribution in [0.4, 0.5) is 0 Å². The highest BCUT2D eigenvalue weighted by Gasteiger charge is 2.11. The lowest BCUT2D eigenvalue weighted by molar-refractivity contribution is 0.272. The van der Waals surface area contributed by atoms with Crippen LogP contribution >= 0.6 is 0 Å². The summed E-state index contributed by atoms with van der Waals surface area (Å²) in [4.78, 5) is 0. The predicted molar refractivity (Wildman–Crippen MR) is 50.1 cm³/mol. The van der Waals surface area contributed by atoms with Crippen molar-refractivity contribution in [3.63, 3.8) is 0 Å². The number of hydrogen-bond donors (Lipinski definition) is 2. The van der Waals surface area contributed by atoms with E-state index in [0.29, 0.717) is 16.9 Å². The van der Waals surface area contributed by atoms with E-state index in [1.54, 1.807) is 19.9 Å². The van der Waals surface area contributed by atoms with Crippen LogP contribution in [-0.4, -0.2) is 17.3 Å². The van der Waals surface area contributed by atoms with E-state index in [9.17, 15) is 5.11 Å². The van der Waals surface area contributed by atoms with Gasteiger partial charge in [-0.3, -0.25) is 0 Å². The van der Waals surface area contributed by atoms with E-state index in [1.807, 2.05) is 0 Å². The Bertz CT molecular complexity index is 318. The molecule has 0 aliphatic carbocycles. The summed E-state index contributed by atoms with van der Waals surface area (Å²) in [6, 6.07) is 1.72. The molecule has 0 aliphatic rings. The molecule has 0 atom stereocenters. The van der Waals surface area contributed by atoms with E-state index < -0.39 is 0 Å². The zero-order valence-corrected chi connectivity index (χ0v) is 8.09. The summed E-state index contributed by atoms with van der Waals surface area (Å²) in [5, 5.41) is 18.6. The van der Waals surface area contributed by atoms with Crippen LogP contribution in [0, 0.1) is 13.8 Å². The summed E-state index contributed by atoms with van der Waals surface area (Å²) < 4.78 is 5.08. The number of aliphatic hydroxyl groups is 1. The highest BCUT2D eigenvalue weighted by Crippen LogP contribution is 2.33. The van der Waals surface area contributed by atoms with Gasteiger partial charge in [0, 0.05) is 11.1 Å². The first-order valence-corrected chi connectivity index (χ1v) is 4.08. The third kappa shape index (κ3) is 1.60. The molecule has 0 aliphatic heterocycles. The van der Waals surface area contributed by atoms with Gasteiger partial charge in [-0.2, -0.15) is 0 Å². The Balaban J connectivity index is 3.39. The minimum Gasteiger partial charge on any atom is -0.507 e. The van der Waals surface area contributed by atoms with E-state index in [2.05, 4.69) is 0 Å². The number of aliphatic hydroxyl groups excluding tert-OH is 1. The van der Waals surface area contributed by atoms with Gasteiger partial charge >= 0.3 is 0 Å². The Hall–Kier alpha value is -1.22. The summed E-state index contributed by atoms with van der Waals surface area (Å²) in [6.45, 7) is 3.48. The van der Waals surface area contributed by atoms with Crippen molar-refractivity contribution in [3.8, 4) is 11.5 Å². The fourth-order valence-corrected chi connectivity index (χ4v) is 1.44. The molecule has 0 saturated heterocycles. The van der Waals surface area contributed by atoms with Crippen LogP contribution in [0.5, 0.6) is 11.5 Å². The lowest BCUT2D eigenvalue weighted by atomic mass is 10.0. The second-order valence-corrected chi connectivity index (χ2v) is 3.02. The van der Waals surface area contributed by atoms with Crippen LogP contribution in [-0.2, 0) is 6.61 Å². The van der Waals surface area contributed by atoms with Crippen molar-refractivity contribution in [3.05, 3.63) is 22.8 Å². The molecule has 0 bridgehead atoms. The number of aromatic hydroxyl groups is 1. The maximum Gasteiger partial charge on any atom is 0.130 e. The molecule has 0 amide bonds. The molecule has 3 heteroatoms. The molecule has 0 heterocycles. The third-order valence-corrected chi connectivity index (χ3v) is 2.13. The number of benzene rings is 1. The van der Waals surface area contributed by atoms with Crippen molar-refractivity contribution < 1.29 is 14.9 Å². The number of aryl methyl sites for hydroxylation is 1. The predicted octanol–water partition coefficient (Wildman–Crippen LogP) is 1.51. The lowest BCUT2D eigenvalue weighted by Gasteiger charge is -2.12. The molecule has 13 heavy (non-hydrogen) atoms. The van der Waals surface area contributed by atoms with Crippen molar-refractivity contribution in [1.29, 1.82) is 0 Å². The fraction of sp³-hybridized carbons (Fsp3) is 0.400. The molecule has 0 unspecified atom stereocenters. The van der Waals surface area contributed by atoms with Gasteiger partial charge < -0.3 is 14.9 Å². The Morgan fingerprint density at radius 1 is 1.38 bits per heavy atom. The largest absolute Gasteiger partial charge is 0.507 e. The first-order valence-electron chi connectivity index (χ1n) is 4.08. The highest BCUT2D eigenvalue weighted by molar-refractivity contribution is 5.52. The Kier molecular flexibility index (Phi) is 2.78.